The topological polar surface area (TPSA) is 146 Å². The van der Waals surface area contributed by atoms with Crippen LogP contribution in [0.15, 0.2) is 128 Å². The van der Waals surface area contributed by atoms with E-state index in [1.165, 1.54) is 34.2 Å². The Hall–Kier alpha value is -5.58. The van der Waals surface area contributed by atoms with Gasteiger partial charge in [-0.3, -0.25) is 0 Å². The molecule has 2 unspecified atom stereocenters. The Kier molecular flexibility index (Phi) is 113. The fourth-order valence-electron chi connectivity index (χ4n) is 3.27. The van der Waals surface area contributed by atoms with Crippen molar-refractivity contribution in [1.29, 1.82) is 0 Å². The highest BCUT2D eigenvalue weighted by Crippen LogP contribution is 2.08. The van der Waals surface area contributed by atoms with Crippen molar-refractivity contribution >= 4 is 23.9 Å². The molecule has 3 aromatic rings. The highest BCUT2D eigenvalue weighted by atomic mass is 16.5. The summed E-state index contributed by atoms with van der Waals surface area (Å²) in [6.45, 7) is 73.2. The summed E-state index contributed by atoms with van der Waals surface area (Å²) in [6, 6.07) is 27.2. The Balaban J connectivity index is -0.0000000602. The highest BCUT2D eigenvalue weighted by molar-refractivity contribution is 5.87. The van der Waals surface area contributed by atoms with Gasteiger partial charge in [0.05, 0.1) is 25.4 Å². The first kappa shape index (κ1) is 110. The molecule has 3 rings (SSSR count). The zero-order valence-electron chi connectivity index (χ0n) is 58.6. The van der Waals surface area contributed by atoms with Crippen molar-refractivity contribution < 1.29 is 48.3 Å². The van der Waals surface area contributed by atoms with Gasteiger partial charge in [0.1, 0.15) is 13.2 Å². The second-order valence-electron chi connectivity index (χ2n) is 19.7. The first-order valence-corrected chi connectivity index (χ1v) is 29.9. The van der Waals surface area contributed by atoms with Crippen molar-refractivity contribution in [1.82, 2.24) is 0 Å². The van der Waals surface area contributed by atoms with E-state index in [0.29, 0.717) is 42.6 Å². The van der Waals surface area contributed by atoms with E-state index in [9.17, 15) is 19.2 Å². The smallest absolute Gasteiger partial charge is 0.333 e. The summed E-state index contributed by atoms with van der Waals surface area (Å²) >= 11 is 0. The molecule has 0 aliphatic carbocycles. The van der Waals surface area contributed by atoms with E-state index < -0.39 is 24.1 Å². The summed E-state index contributed by atoms with van der Waals surface area (Å²) in [5.74, 6) is 0.124. The molecule has 0 amide bonds. The molecule has 10 nitrogen and oxygen atoms in total. The third-order valence-electron chi connectivity index (χ3n) is 7.67. The van der Waals surface area contributed by atoms with Gasteiger partial charge in [-0.2, -0.15) is 0 Å². The van der Waals surface area contributed by atoms with Crippen LogP contribution in [0.25, 0.3) is 0 Å². The van der Waals surface area contributed by atoms with Crippen molar-refractivity contribution in [2.45, 2.75) is 254 Å². The first-order chi connectivity index (χ1) is 38.2. The fraction of sp³-hybridized carbons (Fsp3) is 0.595. The lowest BCUT2D eigenvalue weighted by molar-refractivity contribution is -0.142. The summed E-state index contributed by atoms with van der Waals surface area (Å²) in [6.07, 6.45) is 4.45. The van der Waals surface area contributed by atoms with E-state index in [2.05, 4.69) is 205 Å². The Morgan fingerprint density at radius 2 is 0.762 bits per heavy atom. The molecular weight excluding hydrogens is 1050 g/mol. The Bertz CT molecular complexity index is 1780. The van der Waals surface area contributed by atoms with Crippen LogP contribution in [0.4, 0.5) is 0 Å². The lowest BCUT2D eigenvalue weighted by Crippen LogP contribution is -2.17. The average Bonchev–Trinajstić information content (AvgIpc) is 3.44. The van der Waals surface area contributed by atoms with Crippen LogP contribution in [0.2, 0.25) is 0 Å². The number of hydrogen-bond acceptors (Lipinski definition) is 10. The number of benzene rings is 3. The van der Waals surface area contributed by atoms with Crippen molar-refractivity contribution in [2.24, 2.45) is 17.3 Å². The van der Waals surface area contributed by atoms with Gasteiger partial charge in [-0.1, -0.05) is 300 Å². The minimum atomic E-state index is -0.557. The number of aliphatic hydroxyl groups is 2. The number of esters is 4. The van der Waals surface area contributed by atoms with E-state index in [1.54, 1.807) is 20.8 Å². The first-order valence-electron chi connectivity index (χ1n) is 29.9. The van der Waals surface area contributed by atoms with Crippen LogP contribution < -0.4 is 0 Å². The number of aryl methyl sites for hydroxylation is 5. The normalized spacial score (nSPS) is 9.11. The van der Waals surface area contributed by atoms with Crippen LogP contribution >= 0.6 is 0 Å². The van der Waals surface area contributed by atoms with Gasteiger partial charge in [0.2, 0.25) is 0 Å². The summed E-state index contributed by atoms with van der Waals surface area (Å²) in [5, 5.41) is 17.9. The number of ether oxygens (including phenoxy) is 4. The second-order valence-corrected chi connectivity index (χ2v) is 19.7. The van der Waals surface area contributed by atoms with Gasteiger partial charge < -0.3 is 29.2 Å². The molecule has 3 aromatic carbocycles. The van der Waals surface area contributed by atoms with Gasteiger partial charge in [0, 0.05) is 23.3 Å². The van der Waals surface area contributed by atoms with Crippen LogP contribution in [0.3, 0.4) is 0 Å². The van der Waals surface area contributed by atoms with Crippen LogP contribution in [0.1, 0.15) is 235 Å². The number of aliphatic hydroxyl groups excluding tert-OH is 2. The number of rotatable bonds is 14. The maximum absolute atomic E-state index is 10.7. The SMILES string of the molecule is C.C.C=C(C)C(=O)OCC(O)CC.C=C(C)C(=O)OCCC.C=CC(=O)OCC.C=CC(=O)OCC(O)CC.CC.CC.CC.CC.CC(C)(C)C.CC(C)C.CCC(C)C.Cc1ccc(C)cc1.Cc1cccc(C)c1.Cc1ccccc1. The third-order valence-corrected chi connectivity index (χ3v) is 7.67. The molecule has 0 fully saturated rings. The highest BCUT2D eigenvalue weighted by Gasteiger charge is 2.06. The largest absolute Gasteiger partial charge is 0.463 e. The molecule has 0 aliphatic rings. The molecule has 0 aromatic heterocycles. The maximum atomic E-state index is 10.7. The summed E-state index contributed by atoms with van der Waals surface area (Å²) in [7, 11) is 0. The van der Waals surface area contributed by atoms with Crippen LogP contribution in [-0.4, -0.2) is 72.7 Å². The van der Waals surface area contributed by atoms with Crippen molar-refractivity contribution in [2.75, 3.05) is 26.4 Å². The molecular formula is C74H140O10. The van der Waals surface area contributed by atoms with Gasteiger partial charge in [-0.05, 0) is 91.9 Å². The van der Waals surface area contributed by atoms with E-state index in [1.807, 2.05) is 94.4 Å². The molecule has 0 saturated heterocycles. The van der Waals surface area contributed by atoms with Gasteiger partial charge in [0.25, 0.3) is 0 Å². The number of carbonyl (C=O) groups is 4. The zero-order valence-corrected chi connectivity index (χ0v) is 58.6. The van der Waals surface area contributed by atoms with Gasteiger partial charge >= 0.3 is 23.9 Å². The number of hydrogen-bond donors (Lipinski definition) is 2. The van der Waals surface area contributed by atoms with Crippen LogP contribution in [0, 0.1) is 51.9 Å². The van der Waals surface area contributed by atoms with Gasteiger partial charge in [-0.25, -0.2) is 19.2 Å². The molecule has 10 heteroatoms. The zero-order chi connectivity index (χ0) is 67.3. The quantitative estimate of drug-likeness (QED) is 0.0909. The van der Waals surface area contributed by atoms with Crippen LogP contribution in [-0.2, 0) is 38.1 Å². The van der Waals surface area contributed by atoms with E-state index in [0.717, 1.165) is 30.4 Å². The lowest BCUT2D eigenvalue weighted by Gasteiger charge is -2.07. The lowest BCUT2D eigenvalue weighted by atomic mass is 10.0. The Morgan fingerprint density at radius 1 is 0.488 bits per heavy atom. The standard InChI is InChI=1S/C8H14O3.2C8H10.C7H12O3.C7H12O2.C7H8.C5H8O2.2C5H12.C4H10.4C2H6.2CH4/c1-4-7(9)5-11-8(10)6(2)3;1-7-3-5-8(2)6-4-7;1-7-4-3-5-8(2)6-7;1-3-6(8)5-10-7(9)4-2;1-4-5-9-7(8)6(2)3;1-7-5-3-2-4-6-7;1-3-5(6)7-4-2;1-5(2,3)4;1-4-5(2)3;1-4(2)3;4*1-2;;/h7,9H,2,4-5H2,1,3H3;2*3-6H,1-2H3;4,6,8H,2-3,5H2,1H3;2,4-5H2,1,3H3;2-6H,1H3;3H,1,4H2,2H3;1-4H3;5H,4H2,1-3H3;4H,1-3H3;4*1-2H3;2*1H4. The molecule has 84 heavy (non-hydrogen) atoms. The molecule has 496 valence electrons. The Morgan fingerprint density at radius 3 is 0.964 bits per heavy atom. The van der Waals surface area contributed by atoms with Gasteiger partial charge in [-0.15, -0.1) is 0 Å². The minimum Gasteiger partial charge on any atom is -0.463 e. The Labute approximate surface area is 523 Å². The summed E-state index contributed by atoms with van der Waals surface area (Å²) in [4.78, 5) is 41.8. The van der Waals surface area contributed by atoms with Crippen molar-refractivity contribution in [3.05, 3.63) is 156 Å². The maximum Gasteiger partial charge on any atom is 0.333 e. The molecule has 0 saturated carbocycles. The van der Waals surface area contributed by atoms with Crippen molar-refractivity contribution in [3.8, 4) is 0 Å². The molecule has 2 N–H and O–H groups in total. The minimum absolute atomic E-state index is 0. The molecule has 0 aliphatic heterocycles. The monoisotopic (exact) mass is 1190 g/mol. The second kappa shape index (κ2) is 86.2. The number of carbonyl (C=O) groups excluding carboxylic acids is 4. The molecule has 2 atom stereocenters. The summed E-state index contributed by atoms with van der Waals surface area (Å²) < 4.78 is 18.4. The average molecular weight is 1190 g/mol. The fourth-order valence-corrected chi connectivity index (χ4v) is 3.27. The molecule has 0 bridgehead atoms. The predicted octanol–water partition coefficient (Wildman–Crippen LogP) is 21.4. The van der Waals surface area contributed by atoms with E-state index in [-0.39, 0.29) is 40.0 Å². The van der Waals surface area contributed by atoms with Crippen molar-refractivity contribution in [3.63, 3.8) is 0 Å². The molecule has 0 radical (unpaired) electrons. The van der Waals surface area contributed by atoms with E-state index >= 15 is 0 Å². The van der Waals surface area contributed by atoms with Crippen LogP contribution in [0.5, 0.6) is 0 Å². The molecule has 0 spiro atoms. The summed E-state index contributed by atoms with van der Waals surface area (Å²) in [5.41, 5.74) is 7.97. The molecule has 0 heterocycles. The predicted molar refractivity (Wildman–Crippen MR) is 375 cm³/mol. The van der Waals surface area contributed by atoms with E-state index in [4.69, 9.17) is 14.9 Å². The third kappa shape index (κ3) is 132. The van der Waals surface area contributed by atoms with Gasteiger partial charge in [0.15, 0.2) is 0 Å².